The number of carbonyl (C=O) groups excluding carboxylic acids is 1. The number of aliphatic hydroxyl groups is 1. The molecule has 1 aromatic rings. The molecule has 0 aromatic heterocycles. The summed E-state index contributed by atoms with van der Waals surface area (Å²) < 4.78 is 0. The highest BCUT2D eigenvalue weighted by atomic mass is 16.3. The van der Waals surface area contributed by atoms with Gasteiger partial charge < -0.3 is 15.1 Å². The molecule has 2 rings (SSSR count). The molecule has 0 aliphatic heterocycles. The summed E-state index contributed by atoms with van der Waals surface area (Å²) in [5, 5.41) is 19.5. The van der Waals surface area contributed by atoms with Gasteiger partial charge in [-0.15, -0.1) is 0 Å². The van der Waals surface area contributed by atoms with E-state index in [1.54, 1.807) is 36.2 Å². The molecule has 0 atom stereocenters. The lowest BCUT2D eigenvalue weighted by atomic mass is 10.0. The number of hydrogen-bond donors (Lipinski definition) is 2. The van der Waals surface area contributed by atoms with E-state index in [0.29, 0.717) is 13.0 Å². The maximum Gasteiger partial charge on any atom is 0.226 e. The molecular formula is C15H21NO3. The predicted molar refractivity (Wildman–Crippen MR) is 72.9 cm³/mol. The molecule has 0 radical (unpaired) electrons. The molecule has 4 heteroatoms. The lowest BCUT2D eigenvalue weighted by Crippen LogP contribution is -2.42. The molecule has 104 valence electrons. The van der Waals surface area contributed by atoms with Crippen molar-refractivity contribution in [3.05, 3.63) is 29.8 Å². The minimum Gasteiger partial charge on any atom is -0.508 e. The number of likely N-dealkylation sites (N-methyl/N-ethyl adjacent to an activating group) is 1. The van der Waals surface area contributed by atoms with E-state index in [-0.39, 0.29) is 11.7 Å². The molecular weight excluding hydrogens is 242 g/mol. The van der Waals surface area contributed by atoms with Crippen molar-refractivity contribution in [2.24, 2.45) is 0 Å². The van der Waals surface area contributed by atoms with Crippen molar-refractivity contribution in [3.63, 3.8) is 0 Å². The third-order valence-corrected chi connectivity index (χ3v) is 3.78. The minimum atomic E-state index is -0.695. The van der Waals surface area contributed by atoms with E-state index in [4.69, 9.17) is 0 Å². The first kappa shape index (κ1) is 13.9. The summed E-state index contributed by atoms with van der Waals surface area (Å²) in [6.45, 7) is 0.407. The van der Waals surface area contributed by atoms with Gasteiger partial charge in [0.05, 0.1) is 12.0 Å². The van der Waals surface area contributed by atoms with Crippen molar-refractivity contribution < 1.29 is 15.0 Å². The Hall–Kier alpha value is -1.55. The normalized spacial score (nSPS) is 17.4. The van der Waals surface area contributed by atoms with Gasteiger partial charge in [-0.1, -0.05) is 25.0 Å². The Labute approximate surface area is 113 Å². The maximum absolute atomic E-state index is 12.1. The molecule has 4 nitrogen and oxygen atoms in total. The Balaban J connectivity index is 1.90. The molecule has 1 fully saturated rings. The maximum atomic E-state index is 12.1. The Morgan fingerprint density at radius 3 is 2.42 bits per heavy atom. The van der Waals surface area contributed by atoms with Gasteiger partial charge >= 0.3 is 0 Å². The summed E-state index contributed by atoms with van der Waals surface area (Å²) in [7, 11) is 1.74. The second kappa shape index (κ2) is 5.61. The van der Waals surface area contributed by atoms with E-state index in [2.05, 4.69) is 0 Å². The number of carbonyl (C=O) groups is 1. The van der Waals surface area contributed by atoms with Gasteiger partial charge in [-0.25, -0.2) is 0 Å². The SMILES string of the molecule is CN(CC1(O)CCCC1)C(=O)Cc1ccc(O)cc1. The molecule has 1 saturated carbocycles. The molecule has 0 heterocycles. The molecule has 2 N–H and O–H groups in total. The van der Waals surface area contributed by atoms with Crippen molar-refractivity contribution in [1.29, 1.82) is 0 Å². The number of nitrogens with zero attached hydrogens (tertiary/aromatic N) is 1. The van der Waals surface area contributed by atoms with Crippen LogP contribution >= 0.6 is 0 Å². The number of phenols is 1. The molecule has 0 unspecified atom stereocenters. The molecule has 19 heavy (non-hydrogen) atoms. The van der Waals surface area contributed by atoms with Gasteiger partial charge in [-0.05, 0) is 30.5 Å². The van der Waals surface area contributed by atoms with E-state index >= 15 is 0 Å². The van der Waals surface area contributed by atoms with Crippen molar-refractivity contribution in [3.8, 4) is 5.75 Å². The third-order valence-electron chi connectivity index (χ3n) is 3.78. The predicted octanol–water partition coefficient (Wildman–Crippen LogP) is 1.70. The fourth-order valence-corrected chi connectivity index (χ4v) is 2.64. The van der Waals surface area contributed by atoms with Gasteiger partial charge in [-0.3, -0.25) is 4.79 Å². The average Bonchev–Trinajstić information content (AvgIpc) is 2.78. The van der Waals surface area contributed by atoms with Crippen LogP contribution in [0, 0.1) is 0 Å². The zero-order valence-corrected chi connectivity index (χ0v) is 11.3. The smallest absolute Gasteiger partial charge is 0.226 e. The fraction of sp³-hybridized carbons (Fsp3) is 0.533. The minimum absolute atomic E-state index is 0.00832. The second-order valence-electron chi connectivity index (χ2n) is 5.52. The average molecular weight is 263 g/mol. The van der Waals surface area contributed by atoms with E-state index < -0.39 is 5.60 Å². The number of aromatic hydroxyl groups is 1. The van der Waals surface area contributed by atoms with Crippen molar-refractivity contribution in [2.75, 3.05) is 13.6 Å². The fourth-order valence-electron chi connectivity index (χ4n) is 2.64. The van der Waals surface area contributed by atoms with Gasteiger partial charge in [0.25, 0.3) is 0 Å². The standard InChI is InChI=1S/C15H21NO3/c1-16(11-15(19)8-2-3-9-15)14(18)10-12-4-6-13(17)7-5-12/h4-7,17,19H,2-3,8-11H2,1H3. The quantitative estimate of drug-likeness (QED) is 0.869. The molecule has 1 aromatic carbocycles. The van der Waals surface area contributed by atoms with Gasteiger partial charge in [0.1, 0.15) is 5.75 Å². The highest BCUT2D eigenvalue weighted by Crippen LogP contribution is 2.30. The molecule has 1 aliphatic carbocycles. The van der Waals surface area contributed by atoms with Crippen LogP contribution in [0.1, 0.15) is 31.2 Å². The van der Waals surface area contributed by atoms with Gasteiger partial charge in [0.2, 0.25) is 5.91 Å². The summed E-state index contributed by atoms with van der Waals surface area (Å²) in [5.74, 6) is 0.191. The third kappa shape index (κ3) is 3.70. The Kier molecular flexibility index (Phi) is 4.10. The van der Waals surface area contributed by atoms with Crippen molar-refractivity contribution >= 4 is 5.91 Å². The lowest BCUT2D eigenvalue weighted by Gasteiger charge is -2.28. The van der Waals surface area contributed by atoms with Crippen LogP contribution in [0.3, 0.4) is 0 Å². The largest absolute Gasteiger partial charge is 0.508 e. The van der Waals surface area contributed by atoms with Gasteiger partial charge in [0, 0.05) is 13.6 Å². The van der Waals surface area contributed by atoms with Crippen LogP contribution in [-0.2, 0) is 11.2 Å². The number of phenolic OH excluding ortho intramolecular Hbond substituents is 1. The van der Waals surface area contributed by atoms with Crippen LogP contribution in [0.5, 0.6) is 5.75 Å². The molecule has 1 aliphatic rings. The molecule has 0 saturated heterocycles. The van der Waals surface area contributed by atoms with Crippen LogP contribution in [0.4, 0.5) is 0 Å². The van der Waals surface area contributed by atoms with Crippen molar-refractivity contribution in [2.45, 2.75) is 37.7 Å². The van der Waals surface area contributed by atoms with Crippen LogP contribution in [-0.4, -0.2) is 40.2 Å². The lowest BCUT2D eigenvalue weighted by molar-refractivity contribution is -0.132. The Bertz CT molecular complexity index is 435. The van der Waals surface area contributed by atoms with Crippen LogP contribution in [0.2, 0.25) is 0 Å². The summed E-state index contributed by atoms with van der Waals surface area (Å²) in [6.07, 6.45) is 3.94. The van der Waals surface area contributed by atoms with Crippen LogP contribution < -0.4 is 0 Å². The van der Waals surface area contributed by atoms with Crippen molar-refractivity contribution in [1.82, 2.24) is 4.90 Å². The van der Waals surface area contributed by atoms with Gasteiger partial charge in [0.15, 0.2) is 0 Å². The first-order valence-electron chi connectivity index (χ1n) is 6.73. The first-order chi connectivity index (χ1) is 8.98. The number of rotatable bonds is 4. The Morgan fingerprint density at radius 2 is 1.84 bits per heavy atom. The highest BCUT2D eigenvalue weighted by Gasteiger charge is 2.33. The van der Waals surface area contributed by atoms with Crippen LogP contribution in [0.15, 0.2) is 24.3 Å². The molecule has 0 bridgehead atoms. The Morgan fingerprint density at radius 1 is 1.26 bits per heavy atom. The topological polar surface area (TPSA) is 60.8 Å². The van der Waals surface area contributed by atoms with E-state index in [1.807, 2.05) is 0 Å². The molecule has 1 amide bonds. The van der Waals surface area contributed by atoms with Gasteiger partial charge in [-0.2, -0.15) is 0 Å². The summed E-state index contributed by atoms with van der Waals surface area (Å²) in [6, 6.07) is 6.64. The zero-order chi connectivity index (χ0) is 13.9. The highest BCUT2D eigenvalue weighted by molar-refractivity contribution is 5.78. The molecule has 0 spiro atoms. The number of amides is 1. The number of benzene rings is 1. The number of hydrogen-bond acceptors (Lipinski definition) is 3. The van der Waals surface area contributed by atoms with E-state index in [9.17, 15) is 15.0 Å². The summed E-state index contributed by atoms with van der Waals surface area (Å²) in [5.41, 5.74) is 0.174. The second-order valence-corrected chi connectivity index (χ2v) is 5.52. The summed E-state index contributed by atoms with van der Waals surface area (Å²) in [4.78, 5) is 13.7. The van der Waals surface area contributed by atoms with E-state index in [0.717, 1.165) is 31.2 Å². The monoisotopic (exact) mass is 263 g/mol. The van der Waals surface area contributed by atoms with Crippen LogP contribution in [0.25, 0.3) is 0 Å². The van der Waals surface area contributed by atoms with E-state index in [1.165, 1.54) is 0 Å². The zero-order valence-electron chi connectivity index (χ0n) is 11.3. The first-order valence-corrected chi connectivity index (χ1v) is 6.73. The summed E-state index contributed by atoms with van der Waals surface area (Å²) >= 11 is 0.